The number of furan rings is 1. The van der Waals surface area contributed by atoms with Crippen LogP contribution in [0.25, 0.3) is 0 Å². The fourth-order valence-electron chi connectivity index (χ4n) is 1.94. The van der Waals surface area contributed by atoms with Gasteiger partial charge >= 0.3 is 0 Å². The van der Waals surface area contributed by atoms with Crippen molar-refractivity contribution >= 4 is 11.6 Å². The molecule has 4 heteroatoms. The first-order valence-electron chi connectivity index (χ1n) is 6.30. The first-order chi connectivity index (χ1) is 9.10. The van der Waals surface area contributed by atoms with Crippen molar-refractivity contribution in [2.24, 2.45) is 0 Å². The number of carbonyl (C=O) groups excluding carboxylic acids is 1. The zero-order valence-corrected chi connectivity index (χ0v) is 11.2. The monoisotopic (exact) mass is 258 g/mol. The van der Waals surface area contributed by atoms with Crippen molar-refractivity contribution in [3.05, 3.63) is 53.5 Å². The van der Waals surface area contributed by atoms with E-state index < -0.39 is 0 Å². The summed E-state index contributed by atoms with van der Waals surface area (Å²) in [5.74, 6) is 1.02. The van der Waals surface area contributed by atoms with Crippen LogP contribution in [0.1, 0.15) is 28.8 Å². The molecule has 1 heterocycles. The van der Waals surface area contributed by atoms with Crippen LogP contribution in [0, 0.1) is 6.92 Å². The van der Waals surface area contributed by atoms with Gasteiger partial charge in [-0.05, 0) is 43.7 Å². The molecule has 0 aliphatic carbocycles. The lowest BCUT2D eigenvalue weighted by Crippen LogP contribution is -2.30. The number of aryl methyl sites for hydroxylation is 1. The van der Waals surface area contributed by atoms with E-state index >= 15 is 0 Å². The van der Waals surface area contributed by atoms with Crippen LogP contribution in [0.5, 0.6) is 0 Å². The predicted octanol–water partition coefficient (Wildman–Crippen LogP) is 2.83. The Kier molecular flexibility index (Phi) is 3.90. The molecule has 0 unspecified atom stereocenters. The van der Waals surface area contributed by atoms with Crippen molar-refractivity contribution in [2.75, 3.05) is 12.3 Å². The molecule has 0 bridgehead atoms. The van der Waals surface area contributed by atoms with E-state index in [1.165, 1.54) is 0 Å². The topological polar surface area (TPSA) is 59.5 Å². The molecule has 4 nitrogen and oxygen atoms in total. The lowest BCUT2D eigenvalue weighted by Gasteiger charge is -2.19. The summed E-state index contributed by atoms with van der Waals surface area (Å²) in [5, 5.41) is 0. The third kappa shape index (κ3) is 3.16. The number of rotatable bonds is 4. The SMILES string of the molecule is CCN(Cc1cccc(N)c1)C(=O)c1ccc(C)o1. The Morgan fingerprint density at radius 3 is 2.68 bits per heavy atom. The van der Waals surface area contributed by atoms with E-state index in [0.29, 0.717) is 24.5 Å². The summed E-state index contributed by atoms with van der Waals surface area (Å²) in [6.07, 6.45) is 0. The first-order valence-corrected chi connectivity index (χ1v) is 6.30. The van der Waals surface area contributed by atoms with Gasteiger partial charge < -0.3 is 15.1 Å². The van der Waals surface area contributed by atoms with Crippen LogP contribution in [0.15, 0.2) is 40.8 Å². The summed E-state index contributed by atoms with van der Waals surface area (Å²) in [5.41, 5.74) is 7.46. The number of nitrogens with two attached hydrogens (primary N) is 1. The third-order valence-electron chi connectivity index (χ3n) is 2.94. The summed E-state index contributed by atoms with van der Waals surface area (Å²) in [6, 6.07) is 11.1. The van der Waals surface area contributed by atoms with Gasteiger partial charge in [0.2, 0.25) is 0 Å². The molecule has 100 valence electrons. The highest BCUT2D eigenvalue weighted by molar-refractivity contribution is 5.91. The Balaban J connectivity index is 2.14. The fourth-order valence-corrected chi connectivity index (χ4v) is 1.94. The van der Waals surface area contributed by atoms with Gasteiger partial charge in [0, 0.05) is 18.8 Å². The number of nitrogens with zero attached hydrogens (tertiary/aromatic N) is 1. The molecule has 0 saturated carbocycles. The molecular weight excluding hydrogens is 240 g/mol. The number of anilines is 1. The van der Waals surface area contributed by atoms with Crippen molar-refractivity contribution in [1.82, 2.24) is 4.90 Å². The lowest BCUT2D eigenvalue weighted by molar-refractivity contribution is 0.0719. The van der Waals surface area contributed by atoms with Gasteiger partial charge in [-0.25, -0.2) is 0 Å². The van der Waals surface area contributed by atoms with Gasteiger partial charge in [0.15, 0.2) is 5.76 Å². The maximum absolute atomic E-state index is 12.3. The van der Waals surface area contributed by atoms with Crippen LogP contribution < -0.4 is 5.73 Å². The highest BCUT2D eigenvalue weighted by Crippen LogP contribution is 2.14. The number of benzene rings is 1. The molecule has 2 N–H and O–H groups in total. The fraction of sp³-hybridized carbons (Fsp3) is 0.267. The molecule has 1 aromatic heterocycles. The smallest absolute Gasteiger partial charge is 0.289 e. The van der Waals surface area contributed by atoms with E-state index in [4.69, 9.17) is 10.2 Å². The zero-order valence-electron chi connectivity index (χ0n) is 11.2. The summed E-state index contributed by atoms with van der Waals surface area (Å²) < 4.78 is 5.37. The zero-order chi connectivity index (χ0) is 13.8. The minimum atomic E-state index is -0.0991. The van der Waals surface area contributed by atoms with Crippen LogP contribution >= 0.6 is 0 Å². The predicted molar refractivity (Wildman–Crippen MR) is 74.7 cm³/mol. The summed E-state index contributed by atoms with van der Waals surface area (Å²) in [7, 11) is 0. The Hall–Kier alpha value is -2.23. The summed E-state index contributed by atoms with van der Waals surface area (Å²) >= 11 is 0. The molecule has 2 rings (SSSR count). The van der Waals surface area contributed by atoms with Crippen molar-refractivity contribution in [3.63, 3.8) is 0 Å². The lowest BCUT2D eigenvalue weighted by atomic mass is 10.2. The van der Waals surface area contributed by atoms with Gasteiger partial charge in [-0.15, -0.1) is 0 Å². The van der Waals surface area contributed by atoms with Crippen molar-refractivity contribution in [1.29, 1.82) is 0 Å². The second kappa shape index (κ2) is 5.61. The molecule has 0 aliphatic heterocycles. The number of hydrogen-bond acceptors (Lipinski definition) is 3. The van der Waals surface area contributed by atoms with Crippen LogP contribution in [0.4, 0.5) is 5.69 Å². The van der Waals surface area contributed by atoms with Gasteiger partial charge in [0.05, 0.1) is 0 Å². The summed E-state index contributed by atoms with van der Waals surface area (Å²) in [6.45, 7) is 4.92. The average molecular weight is 258 g/mol. The summed E-state index contributed by atoms with van der Waals surface area (Å²) in [4.78, 5) is 14.0. The van der Waals surface area contributed by atoms with E-state index in [1.807, 2.05) is 38.1 Å². The van der Waals surface area contributed by atoms with E-state index in [0.717, 1.165) is 11.3 Å². The minimum absolute atomic E-state index is 0.0991. The second-order valence-electron chi connectivity index (χ2n) is 4.47. The largest absolute Gasteiger partial charge is 0.456 e. The van der Waals surface area contributed by atoms with Crippen LogP contribution in [-0.2, 0) is 6.54 Å². The van der Waals surface area contributed by atoms with Gasteiger partial charge in [-0.1, -0.05) is 12.1 Å². The van der Waals surface area contributed by atoms with E-state index in [-0.39, 0.29) is 5.91 Å². The van der Waals surface area contributed by atoms with E-state index in [1.54, 1.807) is 17.0 Å². The van der Waals surface area contributed by atoms with Crippen molar-refractivity contribution < 1.29 is 9.21 Å². The molecule has 0 fully saturated rings. The molecule has 1 amide bonds. The third-order valence-corrected chi connectivity index (χ3v) is 2.94. The molecule has 0 radical (unpaired) electrons. The number of nitrogen functional groups attached to an aromatic ring is 1. The van der Waals surface area contributed by atoms with Gasteiger partial charge in [-0.3, -0.25) is 4.79 Å². The molecule has 19 heavy (non-hydrogen) atoms. The van der Waals surface area contributed by atoms with Crippen molar-refractivity contribution in [3.8, 4) is 0 Å². The molecule has 2 aromatic rings. The maximum atomic E-state index is 12.3. The Labute approximate surface area is 112 Å². The molecule has 0 spiro atoms. The molecule has 1 aromatic carbocycles. The van der Waals surface area contributed by atoms with Gasteiger partial charge in [0.1, 0.15) is 5.76 Å². The van der Waals surface area contributed by atoms with E-state index in [9.17, 15) is 4.79 Å². The normalized spacial score (nSPS) is 10.4. The first kappa shape index (κ1) is 13.2. The van der Waals surface area contributed by atoms with Crippen molar-refractivity contribution in [2.45, 2.75) is 20.4 Å². The Bertz CT molecular complexity index is 575. The Morgan fingerprint density at radius 1 is 1.32 bits per heavy atom. The minimum Gasteiger partial charge on any atom is -0.456 e. The molecule has 0 aliphatic rings. The molecular formula is C15H18N2O2. The Morgan fingerprint density at radius 2 is 2.11 bits per heavy atom. The quantitative estimate of drug-likeness (QED) is 0.858. The van der Waals surface area contributed by atoms with Crippen LogP contribution in [0.3, 0.4) is 0 Å². The highest BCUT2D eigenvalue weighted by atomic mass is 16.3. The number of hydrogen-bond donors (Lipinski definition) is 1. The van der Waals surface area contributed by atoms with Crippen LogP contribution in [-0.4, -0.2) is 17.4 Å². The van der Waals surface area contributed by atoms with Gasteiger partial charge in [-0.2, -0.15) is 0 Å². The van der Waals surface area contributed by atoms with Crippen LogP contribution in [0.2, 0.25) is 0 Å². The standard InChI is InChI=1S/C15H18N2O2/c1-3-17(10-12-5-4-6-13(16)9-12)15(18)14-8-7-11(2)19-14/h4-9H,3,10,16H2,1-2H3. The van der Waals surface area contributed by atoms with E-state index in [2.05, 4.69) is 0 Å². The highest BCUT2D eigenvalue weighted by Gasteiger charge is 2.17. The number of carbonyl (C=O) groups is 1. The maximum Gasteiger partial charge on any atom is 0.289 e. The second-order valence-corrected chi connectivity index (χ2v) is 4.47. The number of amides is 1. The average Bonchev–Trinajstić information content (AvgIpc) is 2.82. The molecule has 0 saturated heterocycles. The van der Waals surface area contributed by atoms with Gasteiger partial charge in [0.25, 0.3) is 5.91 Å². The molecule has 0 atom stereocenters.